The molecule has 0 saturated carbocycles. The standard InChI is InChI=1S/C31H23N3OS/c1-30(2)24-16-19(18-32)12-13-26(24)34(3)31(30)15-14-22-21-9-5-4-8-20(21)17-23(28(22)35-31)29-33-25-10-6-7-11-27(25)36-29/h4-17H,1-3H3. The third-order valence-corrected chi connectivity index (χ3v) is 8.92. The number of para-hydroxylation sites is 1. The minimum Gasteiger partial charge on any atom is -0.462 e. The third kappa shape index (κ3) is 2.65. The van der Waals surface area contributed by atoms with Crippen LogP contribution >= 0.6 is 11.3 Å². The van der Waals surface area contributed by atoms with E-state index in [1.54, 1.807) is 11.3 Å². The molecule has 3 heterocycles. The van der Waals surface area contributed by atoms with E-state index in [0.29, 0.717) is 5.56 Å². The number of nitriles is 1. The third-order valence-electron chi connectivity index (χ3n) is 7.85. The lowest BCUT2D eigenvalue weighted by atomic mass is 9.76. The van der Waals surface area contributed by atoms with Crippen molar-refractivity contribution in [3.8, 4) is 22.4 Å². The minimum absolute atomic E-state index is 0.408. The topological polar surface area (TPSA) is 49.2 Å². The number of fused-ring (bicyclic) bond motifs is 5. The van der Waals surface area contributed by atoms with Crippen LogP contribution in [0.1, 0.15) is 30.5 Å². The molecule has 174 valence electrons. The van der Waals surface area contributed by atoms with Gasteiger partial charge < -0.3 is 9.64 Å². The molecule has 4 aromatic carbocycles. The van der Waals surface area contributed by atoms with Gasteiger partial charge in [-0.25, -0.2) is 4.98 Å². The number of ether oxygens (including phenoxy) is 1. The average molecular weight is 486 g/mol. The van der Waals surface area contributed by atoms with Crippen molar-refractivity contribution in [2.75, 3.05) is 11.9 Å². The predicted molar refractivity (Wildman–Crippen MR) is 148 cm³/mol. The van der Waals surface area contributed by atoms with Crippen LogP contribution < -0.4 is 9.64 Å². The fourth-order valence-electron chi connectivity index (χ4n) is 5.87. The molecule has 5 heteroatoms. The molecule has 4 nitrogen and oxygen atoms in total. The average Bonchev–Trinajstić information content (AvgIpc) is 3.40. The summed E-state index contributed by atoms with van der Waals surface area (Å²) in [5.41, 5.74) is 4.77. The quantitative estimate of drug-likeness (QED) is 0.246. The first kappa shape index (κ1) is 21.2. The van der Waals surface area contributed by atoms with Gasteiger partial charge in [0.15, 0.2) is 0 Å². The first-order valence-corrected chi connectivity index (χ1v) is 12.8. The zero-order valence-corrected chi connectivity index (χ0v) is 21.1. The van der Waals surface area contributed by atoms with Gasteiger partial charge in [0.25, 0.3) is 0 Å². The van der Waals surface area contributed by atoms with E-state index in [0.717, 1.165) is 54.1 Å². The van der Waals surface area contributed by atoms with Crippen molar-refractivity contribution in [1.29, 1.82) is 5.26 Å². The summed E-state index contributed by atoms with van der Waals surface area (Å²) in [6.45, 7) is 4.40. The van der Waals surface area contributed by atoms with Gasteiger partial charge in [0.2, 0.25) is 5.72 Å². The molecule has 7 rings (SSSR count). The SMILES string of the molecule is CN1c2ccc(C#N)cc2C(C)(C)C12C=Cc1c(c(-c3nc4ccccc4s3)cc3ccccc13)O2. The van der Waals surface area contributed by atoms with Crippen molar-refractivity contribution in [2.24, 2.45) is 0 Å². The maximum absolute atomic E-state index is 9.55. The van der Waals surface area contributed by atoms with E-state index in [9.17, 15) is 5.26 Å². The van der Waals surface area contributed by atoms with Gasteiger partial charge in [0.05, 0.1) is 32.8 Å². The summed E-state index contributed by atoms with van der Waals surface area (Å²) in [5.74, 6) is 0.850. The number of aromatic nitrogens is 1. The molecule has 0 bridgehead atoms. The lowest BCUT2D eigenvalue weighted by Crippen LogP contribution is -2.58. The first-order valence-electron chi connectivity index (χ1n) is 12.0. The van der Waals surface area contributed by atoms with Crippen LogP contribution in [0.4, 0.5) is 5.69 Å². The molecule has 0 fully saturated rings. The molecule has 2 aliphatic rings. The van der Waals surface area contributed by atoms with Gasteiger partial charge >= 0.3 is 0 Å². The van der Waals surface area contributed by atoms with Gasteiger partial charge in [-0.15, -0.1) is 11.3 Å². The monoisotopic (exact) mass is 485 g/mol. The van der Waals surface area contributed by atoms with Crippen LogP contribution in [0.2, 0.25) is 0 Å². The second-order valence-electron chi connectivity index (χ2n) is 10.0. The Labute approximate surface area is 213 Å². The van der Waals surface area contributed by atoms with E-state index in [-0.39, 0.29) is 0 Å². The Kier molecular flexibility index (Phi) is 4.23. The van der Waals surface area contributed by atoms with Crippen molar-refractivity contribution in [2.45, 2.75) is 25.0 Å². The van der Waals surface area contributed by atoms with Crippen LogP contribution in [0.5, 0.6) is 5.75 Å². The number of anilines is 1. The van der Waals surface area contributed by atoms with Gasteiger partial charge in [-0.3, -0.25) is 0 Å². The molecule has 36 heavy (non-hydrogen) atoms. The van der Waals surface area contributed by atoms with Crippen molar-refractivity contribution in [1.82, 2.24) is 4.98 Å². The number of rotatable bonds is 1. The molecule has 0 N–H and O–H groups in total. The Hall–Kier alpha value is -4.14. The molecule has 1 aromatic heterocycles. The molecule has 5 aromatic rings. The van der Waals surface area contributed by atoms with Crippen molar-refractivity contribution in [3.63, 3.8) is 0 Å². The van der Waals surface area contributed by atoms with E-state index < -0.39 is 11.1 Å². The number of benzene rings is 4. The molecule has 0 saturated heterocycles. The van der Waals surface area contributed by atoms with E-state index >= 15 is 0 Å². The normalized spacial score (nSPS) is 19.3. The Morgan fingerprint density at radius 1 is 1.00 bits per heavy atom. The van der Waals surface area contributed by atoms with Gasteiger partial charge in [0.1, 0.15) is 10.8 Å². The fraction of sp³-hybridized carbons (Fsp3) is 0.161. The Morgan fingerprint density at radius 3 is 2.64 bits per heavy atom. The molecular formula is C31H23N3OS. The highest BCUT2D eigenvalue weighted by Gasteiger charge is 2.58. The highest BCUT2D eigenvalue weighted by atomic mass is 32.1. The highest BCUT2D eigenvalue weighted by molar-refractivity contribution is 7.21. The smallest absolute Gasteiger partial charge is 0.211 e. The zero-order valence-electron chi connectivity index (χ0n) is 20.2. The van der Waals surface area contributed by atoms with Crippen LogP contribution in [0.25, 0.3) is 37.6 Å². The summed E-state index contributed by atoms with van der Waals surface area (Å²) in [4.78, 5) is 7.20. The largest absolute Gasteiger partial charge is 0.462 e. The van der Waals surface area contributed by atoms with E-state index in [1.165, 1.54) is 0 Å². The lowest BCUT2D eigenvalue weighted by molar-refractivity contribution is 0.0590. The molecule has 0 amide bonds. The van der Waals surface area contributed by atoms with Crippen LogP contribution in [0.3, 0.4) is 0 Å². The molecule has 1 spiro atoms. The van der Waals surface area contributed by atoms with Crippen molar-refractivity contribution >= 4 is 44.1 Å². The van der Waals surface area contributed by atoms with Crippen molar-refractivity contribution < 1.29 is 4.74 Å². The summed E-state index contributed by atoms with van der Waals surface area (Å²) < 4.78 is 8.33. The summed E-state index contributed by atoms with van der Waals surface area (Å²) in [5, 5.41) is 12.8. The summed E-state index contributed by atoms with van der Waals surface area (Å²) in [6.07, 6.45) is 4.41. The zero-order chi connectivity index (χ0) is 24.7. The van der Waals surface area contributed by atoms with Crippen LogP contribution in [0, 0.1) is 11.3 Å². The highest BCUT2D eigenvalue weighted by Crippen LogP contribution is 2.56. The summed E-state index contributed by atoms with van der Waals surface area (Å²) in [7, 11) is 2.08. The summed E-state index contributed by atoms with van der Waals surface area (Å²) >= 11 is 1.69. The van der Waals surface area contributed by atoms with Gasteiger partial charge in [0, 0.05) is 18.3 Å². The molecule has 2 aliphatic heterocycles. The number of nitrogens with zero attached hydrogens (tertiary/aromatic N) is 3. The van der Waals surface area contributed by atoms with Crippen LogP contribution in [0.15, 0.2) is 78.9 Å². The molecule has 0 radical (unpaired) electrons. The van der Waals surface area contributed by atoms with Gasteiger partial charge in [-0.05, 0) is 78.7 Å². The number of thiazole rings is 1. The number of hydrogen-bond donors (Lipinski definition) is 0. The second-order valence-corrected chi connectivity index (χ2v) is 11.1. The lowest BCUT2D eigenvalue weighted by Gasteiger charge is -2.46. The van der Waals surface area contributed by atoms with Crippen LogP contribution in [-0.4, -0.2) is 17.8 Å². The number of hydrogen-bond acceptors (Lipinski definition) is 5. The molecule has 1 unspecified atom stereocenters. The Balaban J connectivity index is 1.48. The van der Waals surface area contributed by atoms with Crippen LogP contribution in [-0.2, 0) is 5.41 Å². The maximum Gasteiger partial charge on any atom is 0.211 e. The Bertz CT molecular complexity index is 1760. The maximum atomic E-state index is 9.55. The summed E-state index contributed by atoms with van der Waals surface area (Å²) in [6, 6.07) is 27.1. The van der Waals surface area contributed by atoms with E-state index in [4.69, 9.17) is 9.72 Å². The second kappa shape index (κ2) is 7.19. The fourth-order valence-corrected chi connectivity index (χ4v) is 6.85. The van der Waals surface area contributed by atoms with Gasteiger partial charge in [-0.2, -0.15) is 5.26 Å². The minimum atomic E-state index is -0.746. The Morgan fingerprint density at radius 2 is 1.81 bits per heavy atom. The van der Waals surface area contributed by atoms with E-state index in [1.807, 2.05) is 24.3 Å². The molecule has 0 aliphatic carbocycles. The molecular weight excluding hydrogens is 462 g/mol. The van der Waals surface area contributed by atoms with Crippen molar-refractivity contribution in [3.05, 3.63) is 95.6 Å². The predicted octanol–water partition coefficient (Wildman–Crippen LogP) is 7.52. The first-order chi connectivity index (χ1) is 17.4. The number of likely N-dealkylation sites (N-methyl/N-ethyl adjacent to an activating group) is 1. The van der Waals surface area contributed by atoms with E-state index in [2.05, 4.69) is 92.5 Å². The van der Waals surface area contributed by atoms with Gasteiger partial charge in [-0.1, -0.05) is 36.4 Å². The molecule has 1 atom stereocenters.